The van der Waals surface area contributed by atoms with Crippen molar-refractivity contribution >= 4 is 34.8 Å². The van der Waals surface area contributed by atoms with Gasteiger partial charge in [-0.05, 0) is 55.9 Å². The predicted octanol–water partition coefficient (Wildman–Crippen LogP) is 4.66. The molecule has 0 radical (unpaired) electrons. The van der Waals surface area contributed by atoms with Crippen LogP contribution in [0.3, 0.4) is 0 Å². The molecular weight excluding hydrogens is 435 g/mol. The summed E-state index contributed by atoms with van der Waals surface area (Å²) < 4.78 is 44.1. The molecule has 6 nitrogen and oxygen atoms in total. The first-order valence-electron chi connectivity index (χ1n) is 9.40. The van der Waals surface area contributed by atoms with Crippen LogP contribution in [0.4, 0.5) is 24.5 Å². The molecule has 0 saturated heterocycles. The lowest BCUT2D eigenvalue weighted by Gasteiger charge is -2.26. The van der Waals surface area contributed by atoms with E-state index < -0.39 is 28.7 Å². The zero-order chi connectivity index (χ0) is 23.2. The van der Waals surface area contributed by atoms with Gasteiger partial charge >= 0.3 is 6.18 Å². The molecule has 10 heteroatoms. The summed E-state index contributed by atoms with van der Waals surface area (Å²) in [6, 6.07) is 9.13. The lowest BCUT2D eigenvalue weighted by Crippen LogP contribution is -2.45. The Morgan fingerprint density at radius 3 is 2.26 bits per heavy atom. The zero-order valence-corrected chi connectivity index (χ0v) is 18.0. The Hall–Kier alpha value is -2.78. The number of hydrogen-bond donors (Lipinski definition) is 2. The normalized spacial score (nSPS) is 12.4. The number of rotatable bonds is 8. The Labute approximate surface area is 183 Å². The number of anilines is 2. The third-order valence-electron chi connectivity index (χ3n) is 4.59. The van der Waals surface area contributed by atoms with Crippen LogP contribution in [0.15, 0.2) is 42.5 Å². The monoisotopic (exact) mass is 457 g/mol. The number of carbonyl (C=O) groups is 2. The largest absolute Gasteiger partial charge is 0.497 e. The zero-order valence-electron chi connectivity index (χ0n) is 17.2. The number of amides is 2. The lowest BCUT2D eigenvalue weighted by atomic mass is 10.1. The van der Waals surface area contributed by atoms with E-state index in [1.165, 1.54) is 13.2 Å². The molecule has 2 N–H and O–H groups in total. The van der Waals surface area contributed by atoms with Crippen LogP contribution >= 0.6 is 11.6 Å². The summed E-state index contributed by atoms with van der Waals surface area (Å²) in [5.74, 6) is -0.235. The highest BCUT2D eigenvalue weighted by atomic mass is 35.5. The first-order chi connectivity index (χ1) is 14.5. The number of likely N-dealkylation sites (N-methyl/N-ethyl adjacent to an activating group) is 1. The summed E-state index contributed by atoms with van der Waals surface area (Å²) in [6.45, 7) is 3.64. The maximum absolute atomic E-state index is 13.0. The smallest absolute Gasteiger partial charge is 0.417 e. The molecule has 0 spiro atoms. The van der Waals surface area contributed by atoms with Crippen molar-refractivity contribution in [3.8, 4) is 5.75 Å². The highest BCUT2D eigenvalue weighted by Crippen LogP contribution is 2.36. The van der Waals surface area contributed by atoms with Gasteiger partial charge in [-0.15, -0.1) is 0 Å². The number of methoxy groups -OCH3 is 1. The Morgan fingerprint density at radius 2 is 1.71 bits per heavy atom. The van der Waals surface area contributed by atoms with Crippen molar-refractivity contribution in [2.45, 2.75) is 26.1 Å². The second kappa shape index (κ2) is 10.5. The minimum Gasteiger partial charge on any atom is -0.497 e. The standard InChI is InChI=1S/C21H23ClF3N3O3/c1-4-28(12-19(29)26-14-5-8-16(31-3)9-6-14)13(2)20(30)27-15-7-10-18(22)17(11-15)21(23,24)25/h5-11,13H,4,12H2,1-3H3,(H,26,29)(H,27,30). The first-order valence-corrected chi connectivity index (χ1v) is 9.78. The summed E-state index contributed by atoms with van der Waals surface area (Å²) in [4.78, 5) is 26.5. The maximum Gasteiger partial charge on any atom is 0.417 e. The van der Waals surface area contributed by atoms with Crippen molar-refractivity contribution in [1.29, 1.82) is 0 Å². The van der Waals surface area contributed by atoms with Crippen LogP contribution in [-0.4, -0.2) is 43.0 Å². The van der Waals surface area contributed by atoms with Gasteiger partial charge in [0.05, 0.1) is 30.3 Å². The van der Waals surface area contributed by atoms with Crippen LogP contribution in [-0.2, 0) is 15.8 Å². The molecule has 1 unspecified atom stereocenters. The Balaban J connectivity index is 2.01. The quantitative estimate of drug-likeness (QED) is 0.605. The van der Waals surface area contributed by atoms with E-state index in [0.29, 0.717) is 18.0 Å². The second-order valence-corrected chi connectivity index (χ2v) is 7.10. The minimum absolute atomic E-state index is 0.0349. The average molecular weight is 458 g/mol. The van der Waals surface area contributed by atoms with Crippen molar-refractivity contribution in [2.24, 2.45) is 0 Å². The van der Waals surface area contributed by atoms with E-state index in [1.54, 1.807) is 43.0 Å². The van der Waals surface area contributed by atoms with Gasteiger partial charge in [0.1, 0.15) is 5.75 Å². The fourth-order valence-electron chi connectivity index (χ4n) is 2.81. The number of nitrogens with zero attached hydrogens (tertiary/aromatic N) is 1. The molecule has 2 rings (SSSR count). The van der Waals surface area contributed by atoms with Gasteiger partial charge in [-0.3, -0.25) is 14.5 Å². The highest BCUT2D eigenvalue weighted by molar-refractivity contribution is 6.31. The number of halogens is 4. The second-order valence-electron chi connectivity index (χ2n) is 6.70. The van der Waals surface area contributed by atoms with Gasteiger partial charge in [0, 0.05) is 11.4 Å². The molecule has 168 valence electrons. The molecule has 0 saturated carbocycles. The third-order valence-corrected chi connectivity index (χ3v) is 4.92. The van der Waals surface area contributed by atoms with E-state index >= 15 is 0 Å². The van der Waals surface area contributed by atoms with Gasteiger partial charge in [-0.1, -0.05) is 18.5 Å². The van der Waals surface area contributed by atoms with E-state index in [4.69, 9.17) is 16.3 Å². The van der Waals surface area contributed by atoms with Crippen molar-refractivity contribution in [1.82, 2.24) is 4.90 Å². The van der Waals surface area contributed by atoms with Gasteiger partial charge in [0.2, 0.25) is 11.8 Å². The average Bonchev–Trinajstić information content (AvgIpc) is 2.72. The topological polar surface area (TPSA) is 70.7 Å². The van der Waals surface area contributed by atoms with Crippen LogP contribution in [0.25, 0.3) is 0 Å². The Morgan fingerprint density at radius 1 is 1.10 bits per heavy atom. The Bertz CT molecular complexity index is 920. The van der Waals surface area contributed by atoms with E-state index in [0.717, 1.165) is 12.1 Å². The van der Waals surface area contributed by atoms with E-state index in [1.807, 2.05) is 0 Å². The molecule has 0 fully saturated rings. The number of benzene rings is 2. The van der Waals surface area contributed by atoms with Crippen molar-refractivity contribution in [2.75, 3.05) is 30.8 Å². The molecule has 2 aromatic rings. The number of ether oxygens (including phenoxy) is 1. The van der Waals surface area contributed by atoms with Crippen LogP contribution in [0.5, 0.6) is 5.75 Å². The summed E-state index contributed by atoms with van der Waals surface area (Å²) in [7, 11) is 1.53. The minimum atomic E-state index is -4.64. The van der Waals surface area contributed by atoms with Crippen molar-refractivity contribution in [3.63, 3.8) is 0 Å². The molecule has 2 aromatic carbocycles. The number of nitrogens with one attached hydrogen (secondary N) is 2. The van der Waals surface area contributed by atoms with Gasteiger partial charge in [0.25, 0.3) is 0 Å². The predicted molar refractivity (Wildman–Crippen MR) is 113 cm³/mol. The molecule has 31 heavy (non-hydrogen) atoms. The van der Waals surface area contributed by atoms with Gasteiger partial charge < -0.3 is 15.4 Å². The molecule has 1 atom stereocenters. The fourth-order valence-corrected chi connectivity index (χ4v) is 3.04. The van der Waals surface area contributed by atoms with Gasteiger partial charge in [-0.25, -0.2) is 0 Å². The molecule has 0 bridgehead atoms. The fraction of sp³-hybridized carbons (Fsp3) is 0.333. The SMILES string of the molecule is CCN(CC(=O)Nc1ccc(OC)cc1)C(C)C(=O)Nc1ccc(Cl)c(C(F)(F)F)c1. The number of hydrogen-bond acceptors (Lipinski definition) is 4. The van der Waals surface area contributed by atoms with Crippen LogP contribution in [0.2, 0.25) is 5.02 Å². The van der Waals surface area contributed by atoms with E-state index in [2.05, 4.69) is 10.6 Å². The molecule has 0 aromatic heterocycles. The molecule has 0 aliphatic heterocycles. The maximum atomic E-state index is 13.0. The number of alkyl halides is 3. The summed E-state index contributed by atoms with van der Waals surface area (Å²) in [5.41, 5.74) is -0.502. The van der Waals surface area contributed by atoms with Crippen molar-refractivity contribution < 1.29 is 27.5 Å². The summed E-state index contributed by atoms with van der Waals surface area (Å²) in [6.07, 6.45) is -4.64. The Kier molecular flexibility index (Phi) is 8.29. The van der Waals surface area contributed by atoms with Crippen LogP contribution in [0.1, 0.15) is 19.4 Å². The van der Waals surface area contributed by atoms with Crippen LogP contribution < -0.4 is 15.4 Å². The lowest BCUT2D eigenvalue weighted by molar-refractivity contribution is -0.137. The molecular formula is C21H23ClF3N3O3. The van der Waals surface area contributed by atoms with E-state index in [9.17, 15) is 22.8 Å². The molecule has 0 aliphatic rings. The first kappa shape index (κ1) is 24.5. The van der Waals surface area contributed by atoms with E-state index in [-0.39, 0.29) is 18.1 Å². The highest BCUT2D eigenvalue weighted by Gasteiger charge is 2.33. The van der Waals surface area contributed by atoms with Gasteiger partial charge in [0.15, 0.2) is 0 Å². The van der Waals surface area contributed by atoms with Crippen molar-refractivity contribution in [3.05, 3.63) is 53.1 Å². The molecule has 0 heterocycles. The number of carbonyl (C=O) groups excluding carboxylic acids is 2. The molecule has 0 aliphatic carbocycles. The van der Waals surface area contributed by atoms with Crippen LogP contribution in [0, 0.1) is 0 Å². The third kappa shape index (κ3) is 6.86. The van der Waals surface area contributed by atoms with Gasteiger partial charge in [-0.2, -0.15) is 13.2 Å². The molecule has 2 amide bonds. The summed E-state index contributed by atoms with van der Waals surface area (Å²) in [5, 5.41) is 4.72. The summed E-state index contributed by atoms with van der Waals surface area (Å²) >= 11 is 5.60.